The van der Waals surface area contributed by atoms with E-state index in [1.807, 2.05) is 17.5 Å². The third-order valence-electron chi connectivity index (χ3n) is 3.75. The van der Waals surface area contributed by atoms with Crippen LogP contribution in [0.25, 0.3) is 22.3 Å². The highest BCUT2D eigenvalue weighted by Gasteiger charge is 2.12. The van der Waals surface area contributed by atoms with Crippen LogP contribution in [0.3, 0.4) is 0 Å². The first-order valence-corrected chi connectivity index (χ1v) is 9.19. The van der Waals surface area contributed by atoms with Crippen molar-refractivity contribution < 1.29 is 9.18 Å². The molecule has 27 heavy (non-hydrogen) atoms. The fourth-order valence-corrected chi connectivity index (χ4v) is 3.41. The molecule has 0 fully saturated rings. The minimum Gasteiger partial charge on any atom is -0.290 e. The van der Waals surface area contributed by atoms with Gasteiger partial charge in [0.1, 0.15) is 5.82 Å². The normalized spacial score (nSPS) is 11.3. The van der Waals surface area contributed by atoms with Crippen molar-refractivity contribution in [2.24, 2.45) is 0 Å². The van der Waals surface area contributed by atoms with Crippen LogP contribution in [0.4, 0.5) is 10.3 Å². The summed E-state index contributed by atoms with van der Waals surface area (Å²) >= 11 is 7.22. The SMILES string of the molecule is O=C(/C=C/c1ccc(Cl)cc1)Nc1nc2scc(-c3ccc(F)cc3)n2n1. The van der Waals surface area contributed by atoms with Gasteiger partial charge in [0.15, 0.2) is 0 Å². The number of anilines is 1. The molecule has 0 aliphatic heterocycles. The van der Waals surface area contributed by atoms with Crippen LogP contribution < -0.4 is 5.32 Å². The summed E-state index contributed by atoms with van der Waals surface area (Å²) in [7, 11) is 0. The van der Waals surface area contributed by atoms with Gasteiger partial charge in [-0.05, 0) is 48.0 Å². The van der Waals surface area contributed by atoms with Crippen molar-refractivity contribution in [2.45, 2.75) is 0 Å². The van der Waals surface area contributed by atoms with Crippen LogP contribution >= 0.6 is 22.9 Å². The molecule has 1 N–H and O–H groups in total. The number of halogens is 2. The Morgan fingerprint density at radius 1 is 1.15 bits per heavy atom. The van der Waals surface area contributed by atoms with E-state index in [0.29, 0.717) is 9.98 Å². The van der Waals surface area contributed by atoms with Crippen molar-refractivity contribution in [2.75, 3.05) is 5.32 Å². The first kappa shape index (κ1) is 17.4. The molecule has 134 valence electrons. The zero-order valence-electron chi connectivity index (χ0n) is 13.8. The smallest absolute Gasteiger partial charge is 0.250 e. The number of hydrogen-bond donors (Lipinski definition) is 1. The van der Waals surface area contributed by atoms with E-state index in [4.69, 9.17) is 11.6 Å². The number of aromatic nitrogens is 3. The second-order valence-electron chi connectivity index (χ2n) is 5.63. The van der Waals surface area contributed by atoms with Crippen LogP contribution in [0.5, 0.6) is 0 Å². The zero-order valence-corrected chi connectivity index (χ0v) is 15.3. The van der Waals surface area contributed by atoms with Gasteiger partial charge >= 0.3 is 0 Å². The number of nitrogens with zero attached hydrogens (tertiary/aromatic N) is 3. The molecule has 0 bridgehead atoms. The first-order chi connectivity index (χ1) is 13.1. The maximum Gasteiger partial charge on any atom is 0.250 e. The summed E-state index contributed by atoms with van der Waals surface area (Å²) < 4.78 is 14.7. The molecule has 4 rings (SSSR count). The fraction of sp³-hybridized carbons (Fsp3) is 0. The molecule has 5 nitrogen and oxygen atoms in total. The predicted octanol–water partition coefficient (Wildman–Crippen LogP) is 4.90. The Kier molecular flexibility index (Phi) is 4.70. The van der Waals surface area contributed by atoms with Gasteiger partial charge in [0.25, 0.3) is 11.9 Å². The molecular formula is C19H12ClFN4OS. The molecule has 0 saturated carbocycles. The lowest BCUT2D eigenvalue weighted by Crippen LogP contribution is -2.09. The number of nitrogens with one attached hydrogen (secondary N) is 1. The summed E-state index contributed by atoms with van der Waals surface area (Å²) in [5.74, 6) is -0.438. The average molecular weight is 399 g/mol. The maximum atomic E-state index is 13.1. The number of thiazole rings is 1. The molecule has 0 spiro atoms. The first-order valence-electron chi connectivity index (χ1n) is 7.93. The van der Waals surface area contributed by atoms with Crippen LogP contribution in [0, 0.1) is 5.82 Å². The molecule has 8 heteroatoms. The van der Waals surface area contributed by atoms with Crippen LogP contribution in [0.1, 0.15) is 5.56 Å². The topological polar surface area (TPSA) is 59.3 Å². The van der Waals surface area contributed by atoms with Crippen molar-refractivity contribution >= 4 is 45.8 Å². The predicted molar refractivity (Wildman–Crippen MR) is 105 cm³/mol. The number of carbonyl (C=O) groups excluding carboxylic acids is 1. The minimum atomic E-state index is -0.341. The lowest BCUT2D eigenvalue weighted by atomic mass is 10.2. The van der Waals surface area contributed by atoms with Crippen molar-refractivity contribution in [3.8, 4) is 11.3 Å². The molecule has 2 aromatic carbocycles. The van der Waals surface area contributed by atoms with E-state index in [0.717, 1.165) is 16.8 Å². The summed E-state index contributed by atoms with van der Waals surface area (Å²) in [6.07, 6.45) is 3.08. The molecule has 2 aromatic heterocycles. The fourth-order valence-electron chi connectivity index (χ4n) is 2.45. The van der Waals surface area contributed by atoms with Gasteiger partial charge in [-0.3, -0.25) is 10.1 Å². The summed E-state index contributed by atoms with van der Waals surface area (Å²) in [5.41, 5.74) is 2.44. The summed E-state index contributed by atoms with van der Waals surface area (Å²) in [6.45, 7) is 0. The Bertz CT molecular complexity index is 1130. The quantitative estimate of drug-likeness (QED) is 0.497. The molecular weight excluding hydrogens is 387 g/mol. The standard InChI is InChI=1S/C19H12ClFN4OS/c20-14-6-1-12(2-7-14)3-10-17(26)22-18-23-19-25(24-18)16(11-27-19)13-4-8-15(21)9-5-13/h1-11H,(H,22,24,26)/b10-3+. The largest absolute Gasteiger partial charge is 0.290 e. The molecule has 0 saturated heterocycles. The number of hydrogen-bond acceptors (Lipinski definition) is 4. The Morgan fingerprint density at radius 3 is 2.63 bits per heavy atom. The molecule has 0 unspecified atom stereocenters. The van der Waals surface area contributed by atoms with Crippen molar-refractivity contribution in [1.29, 1.82) is 0 Å². The third-order valence-corrected chi connectivity index (χ3v) is 4.82. The number of benzene rings is 2. The van der Waals surface area contributed by atoms with E-state index in [-0.39, 0.29) is 17.7 Å². The molecule has 0 aliphatic carbocycles. The van der Waals surface area contributed by atoms with Gasteiger partial charge in [-0.2, -0.15) is 4.98 Å². The highest BCUT2D eigenvalue weighted by Crippen LogP contribution is 2.26. The lowest BCUT2D eigenvalue weighted by Gasteiger charge is -1.98. The Hall–Kier alpha value is -3.03. The molecule has 1 amide bonds. The van der Waals surface area contributed by atoms with Gasteiger partial charge in [-0.1, -0.05) is 23.7 Å². The van der Waals surface area contributed by atoms with E-state index in [1.54, 1.807) is 34.9 Å². The zero-order chi connectivity index (χ0) is 18.8. The average Bonchev–Trinajstić information content (AvgIpc) is 3.22. The molecule has 0 atom stereocenters. The summed E-state index contributed by atoms with van der Waals surface area (Å²) in [6, 6.07) is 13.2. The Morgan fingerprint density at radius 2 is 1.89 bits per heavy atom. The van der Waals surface area contributed by atoms with Gasteiger partial charge < -0.3 is 0 Å². The van der Waals surface area contributed by atoms with Crippen LogP contribution in [-0.2, 0) is 4.79 Å². The van der Waals surface area contributed by atoms with E-state index >= 15 is 0 Å². The van der Waals surface area contributed by atoms with Crippen LogP contribution in [0.15, 0.2) is 60.0 Å². The molecule has 4 aromatic rings. The highest BCUT2D eigenvalue weighted by atomic mass is 35.5. The van der Waals surface area contributed by atoms with Gasteiger partial charge in [0, 0.05) is 22.0 Å². The molecule has 0 aliphatic rings. The van der Waals surface area contributed by atoms with E-state index < -0.39 is 0 Å². The Balaban J connectivity index is 1.52. The van der Waals surface area contributed by atoms with E-state index in [9.17, 15) is 9.18 Å². The number of rotatable bonds is 4. The summed E-state index contributed by atoms with van der Waals surface area (Å²) in [5, 5.41) is 9.47. The van der Waals surface area contributed by atoms with E-state index in [1.165, 1.54) is 29.5 Å². The lowest BCUT2D eigenvalue weighted by molar-refractivity contribution is -0.111. The molecule has 0 radical (unpaired) electrons. The molecule has 2 heterocycles. The van der Waals surface area contributed by atoms with Gasteiger partial charge in [-0.25, -0.2) is 8.91 Å². The van der Waals surface area contributed by atoms with Gasteiger partial charge in [-0.15, -0.1) is 16.4 Å². The highest BCUT2D eigenvalue weighted by molar-refractivity contribution is 7.15. The van der Waals surface area contributed by atoms with Gasteiger partial charge in [0.2, 0.25) is 4.96 Å². The number of carbonyl (C=O) groups is 1. The second kappa shape index (κ2) is 7.30. The monoisotopic (exact) mass is 398 g/mol. The van der Waals surface area contributed by atoms with Crippen molar-refractivity contribution in [3.63, 3.8) is 0 Å². The van der Waals surface area contributed by atoms with E-state index in [2.05, 4.69) is 15.4 Å². The number of amides is 1. The summed E-state index contributed by atoms with van der Waals surface area (Å²) in [4.78, 5) is 17.0. The van der Waals surface area contributed by atoms with Crippen molar-refractivity contribution in [3.05, 3.63) is 76.4 Å². The minimum absolute atomic E-state index is 0.205. The van der Waals surface area contributed by atoms with Crippen molar-refractivity contribution in [1.82, 2.24) is 14.6 Å². The van der Waals surface area contributed by atoms with Gasteiger partial charge in [0.05, 0.1) is 5.69 Å². The third kappa shape index (κ3) is 3.89. The number of fused-ring (bicyclic) bond motifs is 1. The second-order valence-corrected chi connectivity index (χ2v) is 6.90. The van der Waals surface area contributed by atoms with Crippen LogP contribution in [0.2, 0.25) is 5.02 Å². The maximum absolute atomic E-state index is 13.1. The van der Waals surface area contributed by atoms with Crippen LogP contribution in [-0.4, -0.2) is 20.5 Å². The Labute approximate surface area is 162 Å².